The highest BCUT2D eigenvalue weighted by Gasteiger charge is 2.22. The molecule has 3 aromatic rings. The Morgan fingerprint density at radius 1 is 1.28 bits per heavy atom. The number of nitrogens with zero attached hydrogens (tertiary/aromatic N) is 5. The molecule has 11 heteroatoms. The number of anilines is 2. The number of hydrogen-bond acceptors (Lipinski definition) is 10. The fraction of sp³-hybridized carbons (Fsp3) is 0.400. The number of thiazole rings is 1. The van der Waals surface area contributed by atoms with E-state index >= 15 is 0 Å². The summed E-state index contributed by atoms with van der Waals surface area (Å²) in [6.07, 6.45) is 6.44. The van der Waals surface area contributed by atoms with Crippen molar-refractivity contribution >= 4 is 28.7 Å². The van der Waals surface area contributed by atoms with Crippen molar-refractivity contribution in [3.8, 4) is 16.8 Å². The fourth-order valence-corrected chi connectivity index (χ4v) is 5.05. The number of amides is 1. The zero-order valence-electron chi connectivity index (χ0n) is 20.1. The molecule has 1 aliphatic rings. The van der Waals surface area contributed by atoms with E-state index in [2.05, 4.69) is 30.5 Å². The number of nitrogen functional groups attached to an aromatic ring is 1. The number of pyridine rings is 2. The van der Waals surface area contributed by atoms with Crippen molar-refractivity contribution in [3.05, 3.63) is 52.8 Å². The molecule has 0 aromatic carbocycles. The minimum Gasteiger partial charge on any atom is -0.397 e. The number of hydrogen-bond donors (Lipinski definition) is 4. The predicted molar refractivity (Wildman–Crippen MR) is 141 cm³/mol. The van der Waals surface area contributed by atoms with Crippen LogP contribution in [0, 0.1) is 17.2 Å². The van der Waals surface area contributed by atoms with Gasteiger partial charge in [0.15, 0.2) is 0 Å². The van der Waals surface area contributed by atoms with Crippen molar-refractivity contribution in [2.24, 2.45) is 11.7 Å². The van der Waals surface area contributed by atoms with Crippen LogP contribution < -0.4 is 22.1 Å². The van der Waals surface area contributed by atoms with Crippen LogP contribution in [-0.2, 0) is 6.54 Å². The summed E-state index contributed by atoms with van der Waals surface area (Å²) in [6.45, 7) is 4.45. The first-order valence-corrected chi connectivity index (χ1v) is 12.9. The highest BCUT2D eigenvalue weighted by atomic mass is 32.1. The molecule has 36 heavy (non-hydrogen) atoms. The molecule has 6 N–H and O–H groups in total. The molecule has 1 aliphatic heterocycles. The van der Waals surface area contributed by atoms with Crippen LogP contribution in [0.4, 0.5) is 11.5 Å². The summed E-state index contributed by atoms with van der Waals surface area (Å²) >= 11 is 1.68. The molecule has 1 saturated heterocycles. The van der Waals surface area contributed by atoms with Gasteiger partial charge in [-0.25, -0.2) is 9.97 Å². The van der Waals surface area contributed by atoms with Gasteiger partial charge in [-0.3, -0.25) is 14.7 Å². The van der Waals surface area contributed by atoms with Gasteiger partial charge in [0, 0.05) is 36.9 Å². The smallest absolute Gasteiger partial charge is 0.270 e. The lowest BCUT2D eigenvalue weighted by Gasteiger charge is -2.31. The Kier molecular flexibility index (Phi) is 8.78. The van der Waals surface area contributed by atoms with Crippen molar-refractivity contribution in [2.45, 2.75) is 25.8 Å². The Balaban J connectivity index is 1.26. The molecular weight excluding hydrogens is 474 g/mol. The number of rotatable bonds is 10. The Hall–Kier alpha value is -3.59. The molecular formula is C25H31N9OS. The van der Waals surface area contributed by atoms with Crippen LogP contribution in [0.15, 0.2) is 36.7 Å². The molecule has 10 nitrogen and oxygen atoms in total. The lowest BCUT2D eigenvalue weighted by atomic mass is 9.96. The maximum atomic E-state index is 12.8. The third-order valence-corrected chi connectivity index (χ3v) is 7.15. The van der Waals surface area contributed by atoms with Gasteiger partial charge in [-0.15, -0.1) is 11.3 Å². The minimum atomic E-state index is -0.290. The first-order chi connectivity index (χ1) is 17.6. The van der Waals surface area contributed by atoms with E-state index < -0.39 is 0 Å². The van der Waals surface area contributed by atoms with Crippen molar-refractivity contribution in [3.63, 3.8) is 0 Å². The first-order valence-electron chi connectivity index (χ1n) is 12.1. The highest BCUT2D eigenvalue weighted by Crippen LogP contribution is 2.26. The molecule has 0 spiro atoms. The average molecular weight is 506 g/mol. The van der Waals surface area contributed by atoms with Crippen LogP contribution in [0.3, 0.4) is 0 Å². The number of likely N-dealkylation sites (tertiary alicyclic amines) is 1. The molecule has 0 radical (unpaired) electrons. The summed E-state index contributed by atoms with van der Waals surface area (Å²) < 4.78 is 0. The second-order valence-electron chi connectivity index (χ2n) is 8.78. The second kappa shape index (κ2) is 12.4. The lowest BCUT2D eigenvalue weighted by molar-refractivity contribution is 0.0930. The molecule has 1 amide bonds. The number of nitrogens with two attached hydrogens (primary N) is 2. The topological polar surface area (TPSA) is 159 Å². The van der Waals surface area contributed by atoms with Crippen molar-refractivity contribution in [1.82, 2.24) is 25.2 Å². The number of carbonyl (C=O) groups excluding carboxylic acids is 1. The fourth-order valence-electron chi connectivity index (χ4n) is 4.12. The van der Waals surface area contributed by atoms with Gasteiger partial charge >= 0.3 is 0 Å². The summed E-state index contributed by atoms with van der Waals surface area (Å²) in [5, 5.41) is 16.4. The first kappa shape index (κ1) is 25.5. The number of nitriles is 1. The van der Waals surface area contributed by atoms with E-state index in [4.69, 9.17) is 11.5 Å². The van der Waals surface area contributed by atoms with Crippen molar-refractivity contribution in [2.75, 3.05) is 43.8 Å². The van der Waals surface area contributed by atoms with Crippen LogP contribution in [0.1, 0.15) is 40.2 Å². The molecule has 188 valence electrons. The van der Waals surface area contributed by atoms with E-state index in [1.807, 2.05) is 30.5 Å². The van der Waals surface area contributed by atoms with E-state index in [9.17, 15) is 10.1 Å². The monoisotopic (exact) mass is 505 g/mol. The Morgan fingerprint density at radius 2 is 2.11 bits per heavy atom. The molecule has 0 aliphatic carbocycles. The third-order valence-electron chi connectivity index (χ3n) is 6.14. The van der Waals surface area contributed by atoms with Gasteiger partial charge in [0.2, 0.25) is 0 Å². The normalized spacial score (nSPS) is 14.3. The maximum Gasteiger partial charge on any atom is 0.270 e. The van der Waals surface area contributed by atoms with Gasteiger partial charge in [-0.1, -0.05) is 6.07 Å². The van der Waals surface area contributed by atoms with E-state index in [1.54, 1.807) is 17.5 Å². The second-order valence-corrected chi connectivity index (χ2v) is 9.89. The Bertz CT molecular complexity index is 1200. The molecule has 0 bridgehead atoms. The van der Waals surface area contributed by atoms with Crippen LogP contribution >= 0.6 is 11.3 Å². The van der Waals surface area contributed by atoms with Crippen molar-refractivity contribution < 1.29 is 4.79 Å². The SMILES string of the molecule is N#Cc1c(N)cc(C(=O)NCC2CCN(Cc3cnc(-c4ccccn4)s3)CC2)nc1NCCCN. The van der Waals surface area contributed by atoms with E-state index in [-0.39, 0.29) is 22.9 Å². The summed E-state index contributed by atoms with van der Waals surface area (Å²) in [7, 11) is 0. The zero-order valence-corrected chi connectivity index (χ0v) is 20.9. The molecule has 0 unspecified atom stereocenters. The molecule has 4 heterocycles. The van der Waals surface area contributed by atoms with Gasteiger partial charge in [-0.2, -0.15) is 5.26 Å². The largest absolute Gasteiger partial charge is 0.397 e. The third kappa shape index (κ3) is 6.54. The van der Waals surface area contributed by atoms with E-state index in [1.165, 1.54) is 10.9 Å². The van der Waals surface area contributed by atoms with E-state index in [0.717, 1.165) is 49.6 Å². The quantitative estimate of drug-likeness (QED) is 0.304. The highest BCUT2D eigenvalue weighted by molar-refractivity contribution is 7.14. The summed E-state index contributed by atoms with van der Waals surface area (Å²) in [6, 6.07) is 9.35. The molecule has 0 saturated carbocycles. The van der Waals surface area contributed by atoms with Crippen molar-refractivity contribution in [1.29, 1.82) is 5.26 Å². The number of piperidine rings is 1. The van der Waals surface area contributed by atoms with Crippen LogP contribution in [0.5, 0.6) is 0 Å². The molecule has 3 aromatic heterocycles. The van der Waals surface area contributed by atoms with Crippen LogP contribution in [-0.4, -0.2) is 58.5 Å². The lowest BCUT2D eigenvalue weighted by Crippen LogP contribution is -2.38. The van der Waals surface area contributed by atoms with E-state index in [0.29, 0.717) is 31.4 Å². The van der Waals surface area contributed by atoms with Gasteiger partial charge in [0.05, 0.1) is 11.4 Å². The van der Waals surface area contributed by atoms with Crippen LogP contribution in [0.2, 0.25) is 0 Å². The predicted octanol–water partition coefficient (Wildman–Crippen LogP) is 2.46. The van der Waals surface area contributed by atoms with Gasteiger partial charge in [-0.05, 0) is 63.0 Å². The average Bonchev–Trinajstić information content (AvgIpc) is 3.37. The molecule has 1 fully saturated rings. The Labute approximate surface area is 214 Å². The van der Waals surface area contributed by atoms with Crippen LogP contribution in [0.25, 0.3) is 10.7 Å². The van der Waals surface area contributed by atoms with Gasteiger partial charge < -0.3 is 22.1 Å². The minimum absolute atomic E-state index is 0.202. The van der Waals surface area contributed by atoms with Gasteiger partial charge in [0.25, 0.3) is 5.91 Å². The number of nitrogens with one attached hydrogen (secondary N) is 2. The summed E-state index contributed by atoms with van der Waals surface area (Å²) in [5.74, 6) is 0.425. The number of aromatic nitrogens is 3. The molecule has 4 rings (SSSR count). The number of carbonyl (C=O) groups is 1. The standard InChI is InChI=1S/C25H31N9OS/c26-7-3-9-30-23-19(13-27)20(28)12-22(33-23)24(35)31-14-17-5-10-34(11-6-17)16-18-15-32-25(36-18)21-4-1-2-8-29-21/h1-2,4,8,12,15,17H,3,5-7,9-11,14,16,26H2,(H,31,35)(H3,28,30,33). The zero-order chi connectivity index (χ0) is 25.3. The maximum absolute atomic E-state index is 12.8. The summed E-state index contributed by atoms with van der Waals surface area (Å²) in [5.41, 5.74) is 13.1. The molecule has 0 atom stereocenters. The van der Waals surface area contributed by atoms with Gasteiger partial charge in [0.1, 0.15) is 28.2 Å². The Morgan fingerprint density at radius 3 is 2.83 bits per heavy atom. The summed E-state index contributed by atoms with van der Waals surface area (Å²) in [4.78, 5) is 29.7.